The fourth-order valence-electron chi connectivity index (χ4n) is 3.70. The molecule has 0 saturated carbocycles. The van der Waals surface area contributed by atoms with Gasteiger partial charge in [0.1, 0.15) is 0 Å². The average molecular weight is 398 g/mol. The molecule has 0 aliphatic heterocycles. The largest absolute Gasteiger partial charge is 0.341 e. The molecule has 0 fully saturated rings. The summed E-state index contributed by atoms with van der Waals surface area (Å²) < 4.78 is 4.40. The molecule has 2 aromatic carbocycles. The van der Waals surface area contributed by atoms with Gasteiger partial charge in [-0.25, -0.2) is 5.10 Å². The molecule has 5 rings (SSSR count). The van der Waals surface area contributed by atoms with E-state index in [1.165, 1.54) is 21.8 Å². The van der Waals surface area contributed by atoms with Gasteiger partial charge in [0.2, 0.25) is 4.77 Å². The highest BCUT2D eigenvalue weighted by molar-refractivity contribution is 7.71. The van der Waals surface area contributed by atoms with E-state index in [0.717, 1.165) is 17.7 Å². The van der Waals surface area contributed by atoms with Crippen molar-refractivity contribution in [1.29, 1.82) is 0 Å². The van der Waals surface area contributed by atoms with Crippen molar-refractivity contribution in [2.24, 2.45) is 5.10 Å². The Morgan fingerprint density at radius 1 is 1.03 bits per heavy atom. The first-order valence-electron chi connectivity index (χ1n) is 9.39. The molecule has 0 bridgehead atoms. The van der Waals surface area contributed by atoms with Crippen LogP contribution in [0.25, 0.3) is 33.2 Å². The first-order valence-corrected chi connectivity index (χ1v) is 9.80. The minimum absolute atomic E-state index is 0.441. The summed E-state index contributed by atoms with van der Waals surface area (Å²) in [7, 11) is 0. The Morgan fingerprint density at radius 2 is 1.83 bits per heavy atom. The monoisotopic (exact) mass is 398 g/mol. The van der Waals surface area contributed by atoms with Crippen molar-refractivity contribution in [3.8, 4) is 11.4 Å². The molecule has 0 spiro atoms. The van der Waals surface area contributed by atoms with Gasteiger partial charge in [0.05, 0.1) is 6.21 Å². The Labute approximate surface area is 172 Å². The lowest BCUT2D eigenvalue weighted by atomic mass is 10.1. The summed E-state index contributed by atoms with van der Waals surface area (Å²) in [6, 6.07) is 18.6. The minimum Gasteiger partial charge on any atom is -0.341 e. The van der Waals surface area contributed by atoms with Crippen LogP contribution in [0.15, 0.2) is 72.1 Å². The molecule has 0 radical (unpaired) electrons. The number of hydrogen-bond donors (Lipinski definition) is 1. The molecule has 0 atom stereocenters. The number of para-hydroxylation sites is 1. The highest BCUT2D eigenvalue weighted by atomic mass is 32.1. The van der Waals surface area contributed by atoms with E-state index in [0.29, 0.717) is 10.6 Å². The van der Waals surface area contributed by atoms with Crippen molar-refractivity contribution >= 4 is 40.2 Å². The standard InChI is InChI=1S/C22H18N6S/c1-2-27-19-6-4-3-5-17(19)18-13-15(7-8-20(18)27)14-24-28-21(25-26-22(28)29)16-9-11-23-12-10-16/h3-14H,2H2,1H3,(H,26,29). The van der Waals surface area contributed by atoms with E-state index in [1.807, 2.05) is 18.3 Å². The zero-order valence-corrected chi connectivity index (χ0v) is 16.6. The Morgan fingerprint density at radius 3 is 2.66 bits per heavy atom. The number of hydrogen-bond acceptors (Lipinski definition) is 4. The summed E-state index contributed by atoms with van der Waals surface area (Å²) in [6.07, 6.45) is 5.25. The van der Waals surface area contributed by atoms with Crippen LogP contribution >= 0.6 is 12.2 Å². The maximum absolute atomic E-state index is 5.36. The molecule has 6 nitrogen and oxygen atoms in total. The quantitative estimate of drug-likeness (QED) is 0.342. The predicted octanol–water partition coefficient (Wildman–Crippen LogP) is 5.01. The van der Waals surface area contributed by atoms with E-state index in [2.05, 4.69) is 74.2 Å². The van der Waals surface area contributed by atoms with E-state index < -0.39 is 0 Å². The number of nitrogens with zero attached hydrogens (tertiary/aromatic N) is 5. The zero-order chi connectivity index (χ0) is 19.8. The fourth-order valence-corrected chi connectivity index (χ4v) is 3.88. The van der Waals surface area contributed by atoms with Crippen molar-refractivity contribution in [3.05, 3.63) is 77.3 Å². The van der Waals surface area contributed by atoms with Gasteiger partial charge < -0.3 is 4.57 Å². The SMILES string of the molecule is CCn1c2ccccc2c2cc(C=Nn3c(-c4ccncc4)n[nH]c3=S)ccc21. The molecule has 7 heteroatoms. The summed E-state index contributed by atoms with van der Waals surface area (Å²) in [4.78, 5) is 4.05. The van der Waals surface area contributed by atoms with Gasteiger partial charge in [-0.05, 0) is 55.0 Å². The highest BCUT2D eigenvalue weighted by Gasteiger charge is 2.10. The van der Waals surface area contributed by atoms with Crippen molar-refractivity contribution in [2.75, 3.05) is 0 Å². The number of aromatic nitrogens is 5. The maximum Gasteiger partial charge on any atom is 0.216 e. The van der Waals surface area contributed by atoms with Crippen LogP contribution in [-0.2, 0) is 6.54 Å². The lowest BCUT2D eigenvalue weighted by molar-refractivity contribution is 0.827. The van der Waals surface area contributed by atoms with Crippen LogP contribution in [0.1, 0.15) is 12.5 Å². The second-order valence-electron chi connectivity index (χ2n) is 6.68. The van der Waals surface area contributed by atoms with Crippen molar-refractivity contribution in [2.45, 2.75) is 13.5 Å². The number of H-pyrrole nitrogens is 1. The smallest absolute Gasteiger partial charge is 0.216 e. The lowest BCUT2D eigenvalue weighted by Gasteiger charge is -2.03. The Balaban J connectivity index is 1.60. The van der Waals surface area contributed by atoms with E-state index in [9.17, 15) is 0 Å². The second-order valence-corrected chi connectivity index (χ2v) is 7.07. The van der Waals surface area contributed by atoms with Gasteiger partial charge in [0, 0.05) is 46.3 Å². The van der Waals surface area contributed by atoms with Crippen LogP contribution < -0.4 is 0 Å². The van der Waals surface area contributed by atoms with E-state index in [1.54, 1.807) is 17.1 Å². The number of rotatable bonds is 4. The van der Waals surface area contributed by atoms with Gasteiger partial charge >= 0.3 is 0 Å². The summed E-state index contributed by atoms with van der Waals surface area (Å²) in [5.74, 6) is 0.650. The van der Waals surface area contributed by atoms with Crippen LogP contribution in [0.4, 0.5) is 0 Å². The van der Waals surface area contributed by atoms with Gasteiger partial charge in [-0.2, -0.15) is 14.9 Å². The molecule has 142 valence electrons. The van der Waals surface area contributed by atoms with Crippen molar-refractivity contribution in [3.63, 3.8) is 0 Å². The molecule has 0 unspecified atom stereocenters. The second kappa shape index (κ2) is 7.10. The molecule has 3 heterocycles. The summed E-state index contributed by atoms with van der Waals surface area (Å²) in [5.41, 5.74) is 4.37. The van der Waals surface area contributed by atoms with E-state index in [-0.39, 0.29) is 0 Å². The van der Waals surface area contributed by atoms with Crippen LogP contribution in [0, 0.1) is 4.77 Å². The summed E-state index contributed by atoms with van der Waals surface area (Å²) >= 11 is 5.36. The minimum atomic E-state index is 0.441. The molecule has 0 saturated heterocycles. The first-order chi connectivity index (χ1) is 14.3. The van der Waals surface area contributed by atoms with Gasteiger partial charge in [0.25, 0.3) is 0 Å². The predicted molar refractivity (Wildman–Crippen MR) is 119 cm³/mol. The summed E-state index contributed by atoms with van der Waals surface area (Å²) in [6.45, 7) is 3.10. The molecule has 0 aliphatic carbocycles. The van der Waals surface area contributed by atoms with Gasteiger partial charge in [-0.15, -0.1) is 0 Å². The van der Waals surface area contributed by atoms with Crippen molar-refractivity contribution < 1.29 is 0 Å². The molecule has 3 aromatic heterocycles. The zero-order valence-electron chi connectivity index (χ0n) is 15.8. The normalized spacial score (nSPS) is 11.8. The Hall–Kier alpha value is -3.58. The first kappa shape index (κ1) is 17.5. The number of pyridine rings is 1. The molecular formula is C22H18N6S. The molecule has 0 amide bonds. The molecular weight excluding hydrogens is 380 g/mol. The van der Waals surface area contributed by atoms with Crippen LogP contribution in [0.3, 0.4) is 0 Å². The third-order valence-corrected chi connectivity index (χ3v) is 5.29. The summed E-state index contributed by atoms with van der Waals surface area (Å²) in [5, 5.41) is 14.2. The number of benzene rings is 2. The number of aryl methyl sites for hydroxylation is 1. The van der Waals surface area contributed by atoms with Crippen LogP contribution in [0.5, 0.6) is 0 Å². The van der Waals surface area contributed by atoms with E-state index >= 15 is 0 Å². The lowest BCUT2D eigenvalue weighted by Crippen LogP contribution is -1.95. The number of nitrogens with one attached hydrogen (secondary N) is 1. The highest BCUT2D eigenvalue weighted by Crippen LogP contribution is 2.29. The van der Waals surface area contributed by atoms with E-state index in [4.69, 9.17) is 12.2 Å². The third kappa shape index (κ3) is 2.96. The number of aromatic amines is 1. The fraction of sp³-hybridized carbons (Fsp3) is 0.0909. The van der Waals surface area contributed by atoms with Gasteiger partial charge in [0.15, 0.2) is 5.82 Å². The van der Waals surface area contributed by atoms with Crippen LogP contribution in [-0.4, -0.2) is 30.6 Å². The Bertz CT molecular complexity index is 1410. The molecule has 1 N–H and O–H groups in total. The average Bonchev–Trinajstić information content (AvgIpc) is 3.30. The Kier molecular flexibility index (Phi) is 4.29. The van der Waals surface area contributed by atoms with Crippen molar-refractivity contribution in [1.82, 2.24) is 24.4 Å². The maximum atomic E-state index is 5.36. The number of fused-ring (bicyclic) bond motifs is 3. The molecule has 0 aliphatic rings. The third-order valence-electron chi connectivity index (χ3n) is 5.02. The van der Waals surface area contributed by atoms with Crippen LogP contribution in [0.2, 0.25) is 0 Å². The van der Waals surface area contributed by atoms with Gasteiger partial charge in [-0.1, -0.05) is 24.3 Å². The molecule has 5 aromatic rings. The molecule has 29 heavy (non-hydrogen) atoms. The van der Waals surface area contributed by atoms with Gasteiger partial charge in [-0.3, -0.25) is 4.98 Å². The topological polar surface area (TPSA) is 63.8 Å².